The quantitative estimate of drug-likeness (QED) is 0.390. The molecule has 1 atom stereocenters. The number of aryl methyl sites for hydroxylation is 1. The Bertz CT molecular complexity index is 1280. The number of amides is 1. The summed E-state index contributed by atoms with van der Waals surface area (Å²) in [5.41, 5.74) is 5.96. The van der Waals surface area contributed by atoms with Gasteiger partial charge in [0.25, 0.3) is 5.91 Å². The minimum Gasteiger partial charge on any atom is -0.366 e. The van der Waals surface area contributed by atoms with Crippen LogP contribution in [0.5, 0.6) is 0 Å². The molecule has 2 aromatic carbocycles. The molecular weight excluding hydrogens is 398 g/mol. The molecule has 1 aliphatic rings. The van der Waals surface area contributed by atoms with E-state index < -0.39 is 0 Å². The summed E-state index contributed by atoms with van der Waals surface area (Å²) in [4.78, 5) is 25.9. The molecule has 0 saturated carbocycles. The molecule has 1 amide bonds. The summed E-state index contributed by atoms with van der Waals surface area (Å²) < 4.78 is 0. The molecular formula is C26H27N5O. The fourth-order valence-corrected chi connectivity index (χ4v) is 4.52. The van der Waals surface area contributed by atoms with Crippen molar-refractivity contribution in [2.75, 3.05) is 10.6 Å². The smallest absolute Gasteiger partial charge is 0.258 e. The van der Waals surface area contributed by atoms with Crippen molar-refractivity contribution >= 4 is 28.6 Å². The van der Waals surface area contributed by atoms with Crippen LogP contribution < -0.4 is 10.6 Å². The molecule has 162 valence electrons. The Balaban J connectivity index is 1.46. The topological polar surface area (TPSA) is 82.7 Å². The van der Waals surface area contributed by atoms with Crippen molar-refractivity contribution < 1.29 is 4.79 Å². The number of benzene rings is 2. The predicted molar refractivity (Wildman–Crippen MR) is 128 cm³/mol. The highest BCUT2D eigenvalue weighted by Crippen LogP contribution is 2.34. The molecule has 5 rings (SSSR count). The third-order valence-corrected chi connectivity index (χ3v) is 6.14. The first-order chi connectivity index (χ1) is 15.6. The molecule has 0 aliphatic heterocycles. The first-order valence-electron chi connectivity index (χ1n) is 11.2. The number of aromatic nitrogens is 3. The number of fused-ring (bicyclic) bond motifs is 2. The molecule has 4 aromatic rings. The molecule has 0 bridgehead atoms. The average molecular weight is 426 g/mol. The van der Waals surface area contributed by atoms with E-state index in [2.05, 4.69) is 34.7 Å². The summed E-state index contributed by atoms with van der Waals surface area (Å²) in [7, 11) is 0. The van der Waals surface area contributed by atoms with Gasteiger partial charge in [0.1, 0.15) is 5.82 Å². The number of anilines is 2. The third-order valence-electron chi connectivity index (χ3n) is 6.14. The number of hydrogen-bond acceptors (Lipinski definition) is 4. The summed E-state index contributed by atoms with van der Waals surface area (Å²) >= 11 is 0. The zero-order chi connectivity index (χ0) is 22.1. The van der Waals surface area contributed by atoms with E-state index in [1.807, 2.05) is 49.4 Å². The van der Waals surface area contributed by atoms with Gasteiger partial charge in [0, 0.05) is 34.3 Å². The van der Waals surface area contributed by atoms with Gasteiger partial charge in [-0.1, -0.05) is 43.3 Å². The van der Waals surface area contributed by atoms with E-state index in [1.54, 1.807) is 0 Å². The Hall–Kier alpha value is -3.67. The zero-order valence-corrected chi connectivity index (χ0v) is 18.4. The van der Waals surface area contributed by atoms with E-state index >= 15 is 0 Å². The molecule has 32 heavy (non-hydrogen) atoms. The average Bonchev–Trinajstić information content (AvgIpc) is 3.19. The van der Waals surface area contributed by atoms with Gasteiger partial charge >= 0.3 is 0 Å². The van der Waals surface area contributed by atoms with E-state index in [4.69, 9.17) is 9.97 Å². The monoisotopic (exact) mass is 425 g/mol. The van der Waals surface area contributed by atoms with Crippen LogP contribution in [0.3, 0.4) is 0 Å². The van der Waals surface area contributed by atoms with Gasteiger partial charge in [0.05, 0.1) is 5.69 Å². The zero-order valence-electron chi connectivity index (χ0n) is 18.4. The van der Waals surface area contributed by atoms with Crippen molar-refractivity contribution in [1.29, 1.82) is 0 Å². The van der Waals surface area contributed by atoms with Crippen LogP contribution in [0.1, 0.15) is 58.6 Å². The lowest BCUT2D eigenvalue weighted by Crippen LogP contribution is -2.20. The third kappa shape index (κ3) is 3.96. The number of hydrogen-bond donors (Lipinski definition) is 3. The normalized spacial score (nSPS) is 15.4. The number of nitrogens with one attached hydrogen (secondary N) is 3. The van der Waals surface area contributed by atoms with Gasteiger partial charge in [0.2, 0.25) is 5.95 Å². The van der Waals surface area contributed by atoms with E-state index in [1.165, 1.54) is 11.1 Å². The molecule has 0 saturated heterocycles. The standard InChI is InChI=1S/C26H27N5O/c1-16-8-6-12-20-23(16)29-26(30-24(20)27-15-18-9-4-3-5-10-18)31-25(32)19-11-7-13-22-21(19)14-17(2)28-22/h3-5,7,9-11,13-14,16,28H,6,8,12,15H2,1-2H3,(H2,27,29,30,31,32). The van der Waals surface area contributed by atoms with Crippen molar-refractivity contribution in [3.63, 3.8) is 0 Å². The van der Waals surface area contributed by atoms with Crippen molar-refractivity contribution in [3.8, 4) is 0 Å². The van der Waals surface area contributed by atoms with E-state index in [0.29, 0.717) is 24.0 Å². The minimum absolute atomic E-state index is 0.202. The van der Waals surface area contributed by atoms with Crippen LogP contribution in [0.2, 0.25) is 0 Å². The van der Waals surface area contributed by atoms with Gasteiger partial charge in [-0.3, -0.25) is 10.1 Å². The van der Waals surface area contributed by atoms with Crippen LogP contribution in [0, 0.1) is 6.92 Å². The number of aromatic amines is 1. The minimum atomic E-state index is -0.202. The van der Waals surface area contributed by atoms with Crippen LogP contribution >= 0.6 is 0 Å². The molecule has 2 heterocycles. The number of rotatable bonds is 5. The number of carbonyl (C=O) groups is 1. The van der Waals surface area contributed by atoms with Gasteiger partial charge in [-0.2, -0.15) is 4.98 Å². The van der Waals surface area contributed by atoms with Crippen molar-refractivity contribution in [2.24, 2.45) is 0 Å². The molecule has 2 aromatic heterocycles. The van der Waals surface area contributed by atoms with Crippen LogP contribution in [-0.4, -0.2) is 20.9 Å². The highest BCUT2D eigenvalue weighted by atomic mass is 16.1. The largest absolute Gasteiger partial charge is 0.366 e. The molecule has 0 spiro atoms. The van der Waals surface area contributed by atoms with Gasteiger partial charge in [-0.15, -0.1) is 0 Å². The fraction of sp³-hybridized carbons (Fsp3) is 0.269. The molecule has 6 nitrogen and oxygen atoms in total. The lowest BCUT2D eigenvalue weighted by molar-refractivity contribution is 0.102. The Morgan fingerprint density at radius 2 is 1.97 bits per heavy atom. The summed E-state index contributed by atoms with van der Waals surface area (Å²) in [6.45, 7) is 4.86. The van der Waals surface area contributed by atoms with Gasteiger partial charge < -0.3 is 10.3 Å². The Morgan fingerprint density at radius 3 is 2.81 bits per heavy atom. The fourth-order valence-electron chi connectivity index (χ4n) is 4.52. The Kier molecular flexibility index (Phi) is 5.35. The maximum Gasteiger partial charge on any atom is 0.258 e. The second-order valence-electron chi connectivity index (χ2n) is 8.57. The summed E-state index contributed by atoms with van der Waals surface area (Å²) in [5, 5.41) is 7.34. The first-order valence-corrected chi connectivity index (χ1v) is 11.2. The Morgan fingerprint density at radius 1 is 1.12 bits per heavy atom. The lowest BCUT2D eigenvalue weighted by Gasteiger charge is -2.24. The highest BCUT2D eigenvalue weighted by molar-refractivity contribution is 6.12. The van der Waals surface area contributed by atoms with E-state index in [-0.39, 0.29) is 5.91 Å². The number of H-pyrrole nitrogens is 1. The maximum atomic E-state index is 13.2. The lowest BCUT2D eigenvalue weighted by atomic mass is 9.88. The predicted octanol–water partition coefficient (Wildman–Crippen LogP) is 5.57. The molecule has 1 unspecified atom stereocenters. The van der Waals surface area contributed by atoms with Crippen molar-refractivity contribution in [1.82, 2.24) is 15.0 Å². The maximum absolute atomic E-state index is 13.2. The molecule has 3 N–H and O–H groups in total. The van der Waals surface area contributed by atoms with E-state index in [9.17, 15) is 4.79 Å². The number of nitrogens with zero attached hydrogens (tertiary/aromatic N) is 2. The second kappa shape index (κ2) is 8.46. The SMILES string of the molecule is Cc1cc2c(C(=O)Nc3nc(NCc4ccccc4)c4c(n3)C(C)CCC4)cccc2[nH]1. The number of carbonyl (C=O) groups excluding carboxylic acids is 1. The van der Waals surface area contributed by atoms with Gasteiger partial charge in [-0.25, -0.2) is 4.98 Å². The first kappa shape index (κ1) is 20.2. The van der Waals surface area contributed by atoms with E-state index in [0.717, 1.165) is 47.4 Å². The summed E-state index contributed by atoms with van der Waals surface area (Å²) in [6, 6.07) is 17.9. The van der Waals surface area contributed by atoms with Crippen LogP contribution in [0.4, 0.5) is 11.8 Å². The van der Waals surface area contributed by atoms with Gasteiger partial charge in [0.15, 0.2) is 0 Å². The highest BCUT2D eigenvalue weighted by Gasteiger charge is 2.24. The molecule has 1 aliphatic carbocycles. The molecule has 6 heteroatoms. The molecule has 0 fully saturated rings. The van der Waals surface area contributed by atoms with Crippen LogP contribution in [0.15, 0.2) is 54.6 Å². The Labute approximate surface area is 187 Å². The molecule has 0 radical (unpaired) electrons. The summed E-state index contributed by atoms with van der Waals surface area (Å²) in [5.74, 6) is 1.30. The van der Waals surface area contributed by atoms with Crippen molar-refractivity contribution in [3.05, 3.63) is 82.7 Å². The second-order valence-corrected chi connectivity index (χ2v) is 8.57. The van der Waals surface area contributed by atoms with Crippen LogP contribution in [-0.2, 0) is 13.0 Å². The van der Waals surface area contributed by atoms with Crippen molar-refractivity contribution in [2.45, 2.75) is 45.6 Å². The summed E-state index contributed by atoms with van der Waals surface area (Å²) in [6.07, 6.45) is 3.17. The van der Waals surface area contributed by atoms with Crippen LogP contribution in [0.25, 0.3) is 10.9 Å². The van der Waals surface area contributed by atoms with Gasteiger partial charge in [-0.05, 0) is 55.9 Å².